The van der Waals surface area contributed by atoms with Crippen LogP contribution in [0.4, 0.5) is 0 Å². The maximum absolute atomic E-state index is 11.0. The Hall–Kier alpha value is -2.70. The molecule has 1 heterocycles. The van der Waals surface area contributed by atoms with Crippen molar-refractivity contribution in [2.75, 3.05) is 6.61 Å². The number of para-hydroxylation sites is 1. The van der Waals surface area contributed by atoms with Crippen LogP contribution >= 0.6 is 0 Å². The molecule has 1 atom stereocenters. The number of benzene rings is 2. The Labute approximate surface area is 138 Å². The van der Waals surface area contributed by atoms with Gasteiger partial charge in [0, 0.05) is 22.8 Å². The number of carbonyl (C=O) groups is 1. The van der Waals surface area contributed by atoms with Crippen molar-refractivity contribution in [3.05, 3.63) is 48.0 Å². The van der Waals surface area contributed by atoms with Crippen molar-refractivity contribution >= 4 is 27.8 Å². The first-order valence-corrected chi connectivity index (χ1v) is 7.45. The van der Waals surface area contributed by atoms with Gasteiger partial charge in [0.1, 0.15) is 5.75 Å². The van der Waals surface area contributed by atoms with Crippen LogP contribution in [-0.4, -0.2) is 39.4 Å². The summed E-state index contributed by atoms with van der Waals surface area (Å²) in [6.07, 6.45) is -1.51. The smallest absolute Gasteiger partial charge is 0.332 e. The first-order chi connectivity index (χ1) is 11.1. The molecule has 6 nitrogen and oxygen atoms in total. The summed E-state index contributed by atoms with van der Waals surface area (Å²) in [7, 11) is 0. The summed E-state index contributed by atoms with van der Waals surface area (Å²) in [5.74, 6) is -0.671. The highest BCUT2D eigenvalue weighted by atomic mass is 16.5. The van der Waals surface area contributed by atoms with E-state index in [0.29, 0.717) is 17.9 Å². The van der Waals surface area contributed by atoms with Gasteiger partial charge in [0.25, 0.3) is 0 Å². The SMILES string of the molecule is CCOc1ccc2nc3ccccc3cc2c1CC(O)C(=O)O.O. The summed E-state index contributed by atoms with van der Waals surface area (Å²) in [6.45, 7) is 2.32. The Morgan fingerprint density at radius 1 is 1.21 bits per heavy atom. The fraction of sp³-hybridized carbons (Fsp3) is 0.222. The number of carboxylic acids is 1. The molecule has 0 aliphatic rings. The van der Waals surface area contributed by atoms with Crippen LogP contribution in [0.15, 0.2) is 42.5 Å². The molecule has 1 unspecified atom stereocenters. The number of aliphatic carboxylic acids is 1. The highest BCUT2D eigenvalue weighted by Gasteiger charge is 2.19. The number of aromatic nitrogens is 1. The lowest BCUT2D eigenvalue weighted by atomic mass is 9.99. The zero-order valence-electron chi connectivity index (χ0n) is 13.2. The van der Waals surface area contributed by atoms with Gasteiger partial charge < -0.3 is 20.4 Å². The zero-order valence-corrected chi connectivity index (χ0v) is 13.2. The van der Waals surface area contributed by atoms with Crippen LogP contribution in [0.3, 0.4) is 0 Å². The van der Waals surface area contributed by atoms with Gasteiger partial charge in [-0.2, -0.15) is 0 Å². The van der Waals surface area contributed by atoms with Gasteiger partial charge in [-0.05, 0) is 31.2 Å². The molecule has 0 aliphatic heterocycles. The minimum Gasteiger partial charge on any atom is -0.494 e. The molecule has 0 radical (unpaired) electrons. The van der Waals surface area contributed by atoms with E-state index in [1.54, 1.807) is 6.07 Å². The van der Waals surface area contributed by atoms with Crippen molar-refractivity contribution in [3.63, 3.8) is 0 Å². The van der Waals surface area contributed by atoms with E-state index in [-0.39, 0.29) is 11.9 Å². The lowest BCUT2D eigenvalue weighted by Crippen LogP contribution is -2.22. The monoisotopic (exact) mass is 329 g/mol. The van der Waals surface area contributed by atoms with Gasteiger partial charge in [-0.1, -0.05) is 18.2 Å². The number of nitrogens with zero attached hydrogens (tertiary/aromatic N) is 1. The van der Waals surface area contributed by atoms with Gasteiger partial charge in [-0.15, -0.1) is 0 Å². The zero-order chi connectivity index (χ0) is 16.4. The second kappa shape index (κ2) is 7.25. The number of hydrogen-bond acceptors (Lipinski definition) is 4. The van der Waals surface area contributed by atoms with Gasteiger partial charge >= 0.3 is 5.97 Å². The molecule has 0 amide bonds. The van der Waals surface area contributed by atoms with Gasteiger partial charge in [0.05, 0.1) is 17.6 Å². The Balaban J connectivity index is 0.00000208. The maximum atomic E-state index is 11.0. The minimum absolute atomic E-state index is 0. The molecular formula is C18H19NO5. The van der Waals surface area contributed by atoms with Crippen molar-refractivity contribution in [1.82, 2.24) is 4.98 Å². The number of hydrogen-bond donors (Lipinski definition) is 2. The summed E-state index contributed by atoms with van der Waals surface area (Å²) in [4.78, 5) is 15.6. The summed E-state index contributed by atoms with van der Waals surface area (Å²) in [5.41, 5.74) is 2.28. The normalized spacial score (nSPS) is 11.9. The van der Waals surface area contributed by atoms with Gasteiger partial charge in [0.2, 0.25) is 0 Å². The molecule has 0 fully saturated rings. The number of carboxylic acid groups (broad SMARTS) is 1. The van der Waals surface area contributed by atoms with Crippen LogP contribution in [0, 0.1) is 0 Å². The molecule has 0 saturated carbocycles. The topological polar surface area (TPSA) is 111 Å². The predicted molar refractivity (Wildman–Crippen MR) is 91.4 cm³/mol. The number of aliphatic hydroxyl groups excluding tert-OH is 1. The molecule has 1 aromatic heterocycles. The summed E-state index contributed by atoms with van der Waals surface area (Å²) < 4.78 is 5.61. The highest BCUT2D eigenvalue weighted by Crippen LogP contribution is 2.31. The van der Waals surface area contributed by atoms with Crippen molar-refractivity contribution in [3.8, 4) is 5.75 Å². The van der Waals surface area contributed by atoms with Crippen LogP contribution < -0.4 is 4.74 Å². The summed E-state index contributed by atoms with van der Waals surface area (Å²) in [5, 5.41) is 20.5. The van der Waals surface area contributed by atoms with E-state index in [1.807, 2.05) is 43.3 Å². The second-order valence-electron chi connectivity index (χ2n) is 5.28. The molecule has 24 heavy (non-hydrogen) atoms. The van der Waals surface area contributed by atoms with E-state index < -0.39 is 12.1 Å². The average molecular weight is 329 g/mol. The average Bonchev–Trinajstić information content (AvgIpc) is 2.55. The van der Waals surface area contributed by atoms with Crippen molar-refractivity contribution in [1.29, 1.82) is 0 Å². The van der Waals surface area contributed by atoms with Gasteiger partial charge in [-0.25, -0.2) is 9.78 Å². The molecule has 126 valence electrons. The maximum Gasteiger partial charge on any atom is 0.332 e. The number of fused-ring (bicyclic) bond motifs is 2. The highest BCUT2D eigenvalue weighted by molar-refractivity contribution is 5.95. The Bertz CT molecular complexity index is 878. The number of aliphatic hydroxyl groups is 1. The Morgan fingerprint density at radius 2 is 1.96 bits per heavy atom. The lowest BCUT2D eigenvalue weighted by Gasteiger charge is -2.15. The largest absolute Gasteiger partial charge is 0.494 e. The predicted octanol–water partition coefficient (Wildman–Crippen LogP) is 1.95. The molecule has 0 spiro atoms. The van der Waals surface area contributed by atoms with Gasteiger partial charge in [-0.3, -0.25) is 0 Å². The van der Waals surface area contributed by atoms with E-state index in [9.17, 15) is 9.90 Å². The first kappa shape index (κ1) is 17.7. The molecule has 4 N–H and O–H groups in total. The fourth-order valence-corrected chi connectivity index (χ4v) is 2.67. The molecule has 0 bridgehead atoms. The second-order valence-corrected chi connectivity index (χ2v) is 5.28. The quantitative estimate of drug-likeness (QED) is 0.695. The van der Waals surface area contributed by atoms with Crippen LogP contribution in [-0.2, 0) is 11.2 Å². The molecule has 0 aliphatic carbocycles. The third-order valence-electron chi connectivity index (χ3n) is 3.75. The first-order valence-electron chi connectivity index (χ1n) is 7.45. The van der Waals surface area contributed by atoms with Crippen molar-refractivity contribution in [2.24, 2.45) is 0 Å². The molecule has 3 aromatic rings. The van der Waals surface area contributed by atoms with E-state index in [1.165, 1.54) is 0 Å². The molecular weight excluding hydrogens is 310 g/mol. The lowest BCUT2D eigenvalue weighted by molar-refractivity contribution is -0.146. The molecule has 0 saturated heterocycles. The Morgan fingerprint density at radius 3 is 2.67 bits per heavy atom. The van der Waals surface area contributed by atoms with E-state index >= 15 is 0 Å². The van der Waals surface area contributed by atoms with Crippen molar-refractivity contribution < 1.29 is 25.2 Å². The van der Waals surface area contributed by atoms with Crippen molar-refractivity contribution in [2.45, 2.75) is 19.4 Å². The van der Waals surface area contributed by atoms with Crippen LogP contribution in [0.1, 0.15) is 12.5 Å². The molecule has 2 aromatic carbocycles. The summed E-state index contributed by atoms with van der Waals surface area (Å²) >= 11 is 0. The number of pyridine rings is 1. The van der Waals surface area contributed by atoms with Crippen LogP contribution in [0.5, 0.6) is 5.75 Å². The van der Waals surface area contributed by atoms with Crippen LogP contribution in [0.2, 0.25) is 0 Å². The van der Waals surface area contributed by atoms with Crippen LogP contribution in [0.25, 0.3) is 21.8 Å². The third kappa shape index (κ3) is 3.29. The van der Waals surface area contributed by atoms with E-state index in [0.717, 1.165) is 21.8 Å². The number of rotatable bonds is 5. The Kier molecular flexibility index (Phi) is 5.33. The fourth-order valence-electron chi connectivity index (χ4n) is 2.67. The number of ether oxygens (including phenoxy) is 1. The molecule has 3 rings (SSSR count). The minimum atomic E-state index is -1.48. The van der Waals surface area contributed by atoms with E-state index in [2.05, 4.69) is 4.98 Å². The summed E-state index contributed by atoms with van der Waals surface area (Å²) in [6, 6.07) is 13.3. The van der Waals surface area contributed by atoms with Gasteiger partial charge in [0.15, 0.2) is 6.10 Å². The third-order valence-corrected chi connectivity index (χ3v) is 3.75. The van der Waals surface area contributed by atoms with E-state index in [4.69, 9.17) is 9.84 Å². The standard InChI is InChI=1S/C18H17NO4.H2O/c1-2-23-17-8-7-15-12(13(17)10-16(20)18(21)22)9-11-5-3-4-6-14(11)19-15;/h3-9,16,20H,2,10H2,1H3,(H,21,22);1H2. The molecule has 6 heteroatoms.